The third-order valence-corrected chi connectivity index (χ3v) is 3.85. The number of para-hydroxylation sites is 1. The topological polar surface area (TPSA) is 89.7 Å². The number of nitrogens with zero attached hydrogens (tertiary/aromatic N) is 3. The van der Waals surface area contributed by atoms with E-state index in [1.54, 1.807) is 14.2 Å². The number of ether oxygens (including phenoxy) is 2. The molecule has 1 aromatic heterocycles. The van der Waals surface area contributed by atoms with E-state index in [1.165, 1.54) is 0 Å². The summed E-state index contributed by atoms with van der Waals surface area (Å²) in [5.74, 6) is 1.46. The van der Waals surface area contributed by atoms with Crippen LogP contribution in [-0.2, 0) is 16.1 Å². The zero-order valence-electron chi connectivity index (χ0n) is 13.7. The molecule has 1 atom stereocenters. The van der Waals surface area contributed by atoms with Crippen LogP contribution in [0.4, 0.5) is 0 Å². The fourth-order valence-corrected chi connectivity index (χ4v) is 2.60. The largest absolute Gasteiger partial charge is 0.496 e. The van der Waals surface area contributed by atoms with Crippen molar-refractivity contribution in [2.24, 2.45) is 0 Å². The fraction of sp³-hybridized carbons (Fsp3) is 0.438. The zero-order chi connectivity index (χ0) is 16.9. The summed E-state index contributed by atoms with van der Waals surface area (Å²) in [7, 11) is 3.20. The minimum absolute atomic E-state index is 0.125. The molecule has 0 saturated carbocycles. The van der Waals surface area contributed by atoms with E-state index in [-0.39, 0.29) is 5.91 Å². The molecule has 2 aromatic rings. The summed E-state index contributed by atoms with van der Waals surface area (Å²) in [6.07, 6.45) is -0.472. The van der Waals surface area contributed by atoms with Gasteiger partial charge in [-0.05, 0) is 12.1 Å². The Morgan fingerprint density at radius 2 is 2.25 bits per heavy atom. The number of likely N-dealkylation sites (N-methyl/N-ethyl adjacent to an activating group) is 1. The molecule has 1 fully saturated rings. The molecule has 0 bridgehead atoms. The van der Waals surface area contributed by atoms with Crippen molar-refractivity contribution in [3.8, 4) is 17.2 Å². The number of methoxy groups -OCH3 is 1. The number of morpholine rings is 1. The first kappa shape index (κ1) is 16.4. The van der Waals surface area contributed by atoms with E-state index in [4.69, 9.17) is 13.9 Å². The summed E-state index contributed by atoms with van der Waals surface area (Å²) >= 11 is 0. The summed E-state index contributed by atoms with van der Waals surface area (Å²) in [6.45, 7) is 2.16. The van der Waals surface area contributed by atoms with Crippen LogP contribution in [0.2, 0.25) is 0 Å². The summed E-state index contributed by atoms with van der Waals surface area (Å²) in [5, 5.41) is 10.8. The van der Waals surface area contributed by atoms with Crippen molar-refractivity contribution >= 4 is 5.91 Å². The van der Waals surface area contributed by atoms with Gasteiger partial charge in [0.15, 0.2) is 0 Å². The summed E-state index contributed by atoms with van der Waals surface area (Å²) in [4.78, 5) is 13.8. The molecule has 2 heterocycles. The maximum Gasteiger partial charge on any atom is 0.251 e. The molecule has 128 valence electrons. The molecule has 1 aliphatic heterocycles. The Bertz CT molecular complexity index is 703. The third-order valence-electron chi connectivity index (χ3n) is 3.85. The van der Waals surface area contributed by atoms with Gasteiger partial charge in [-0.2, -0.15) is 0 Å². The first-order valence-corrected chi connectivity index (χ1v) is 7.72. The minimum atomic E-state index is -0.472. The van der Waals surface area contributed by atoms with Crippen LogP contribution in [0.3, 0.4) is 0 Å². The van der Waals surface area contributed by atoms with Crippen molar-refractivity contribution in [3.63, 3.8) is 0 Å². The first-order valence-electron chi connectivity index (χ1n) is 7.72. The highest BCUT2D eigenvalue weighted by Crippen LogP contribution is 2.28. The number of hydrogen-bond donors (Lipinski definition) is 1. The van der Waals surface area contributed by atoms with Crippen molar-refractivity contribution in [1.29, 1.82) is 0 Å². The van der Waals surface area contributed by atoms with Crippen LogP contribution in [0.5, 0.6) is 5.75 Å². The average molecular weight is 332 g/mol. The Balaban J connectivity index is 1.69. The number of carbonyl (C=O) groups is 1. The lowest BCUT2D eigenvalue weighted by atomic mass is 10.2. The Hall–Kier alpha value is -2.45. The number of hydrogen-bond acceptors (Lipinski definition) is 7. The number of rotatable bonds is 5. The highest BCUT2D eigenvalue weighted by Gasteiger charge is 2.27. The molecular formula is C16H20N4O4. The second-order valence-corrected chi connectivity index (χ2v) is 5.41. The first-order chi connectivity index (χ1) is 11.7. The summed E-state index contributed by atoms with van der Waals surface area (Å²) < 4.78 is 16.5. The van der Waals surface area contributed by atoms with Crippen molar-refractivity contribution in [2.45, 2.75) is 12.6 Å². The Morgan fingerprint density at radius 1 is 1.42 bits per heavy atom. The van der Waals surface area contributed by atoms with E-state index in [9.17, 15) is 4.79 Å². The SMILES string of the molecule is CNC(=O)C1CN(Cc2nnc(-c3ccccc3OC)o2)CCO1. The molecule has 8 heteroatoms. The monoisotopic (exact) mass is 332 g/mol. The van der Waals surface area contributed by atoms with Crippen LogP contribution in [-0.4, -0.2) is 61.0 Å². The number of aromatic nitrogens is 2. The van der Waals surface area contributed by atoms with Crippen LogP contribution < -0.4 is 10.1 Å². The van der Waals surface area contributed by atoms with Gasteiger partial charge in [-0.3, -0.25) is 9.69 Å². The lowest BCUT2D eigenvalue weighted by Crippen LogP contribution is -2.48. The quantitative estimate of drug-likeness (QED) is 0.861. The highest BCUT2D eigenvalue weighted by molar-refractivity contribution is 5.80. The Morgan fingerprint density at radius 3 is 3.04 bits per heavy atom. The second kappa shape index (κ2) is 7.41. The van der Waals surface area contributed by atoms with Crippen LogP contribution in [0.1, 0.15) is 5.89 Å². The summed E-state index contributed by atoms with van der Waals surface area (Å²) in [5.41, 5.74) is 0.754. The van der Waals surface area contributed by atoms with E-state index in [2.05, 4.69) is 20.4 Å². The van der Waals surface area contributed by atoms with Gasteiger partial charge in [-0.15, -0.1) is 10.2 Å². The minimum Gasteiger partial charge on any atom is -0.496 e. The van der Waals surface area contributed by atoms with Crippen LogP contribution >= 0.6 is 0 Å². The van der Waals surface area contributed by atoms with Gasteiger partial charge in [0.05, 0.1) is 25.8 Å². The standard InChI is InChI=1S/C16H20N4O4/c1-17-15(21)13-9-20(7-8-23-13)10-14-18-19-16(24-14)11-5-3-4-6-12(11)22-2/h3-6,13H,7-10H2,1-2H3,(H,17,21). The van der Waals surface area contributed by atoms with Crippen LogP contribution in [0.15, 0.2) is 28.7 Å². The predicted octanol–water partition coefficient (Wildman–Crippen LogP) is 0.692. The maximum atomic E-state index is 11.7. The Kier molecular flexibility index (Phi) is 5.07. The smallest absolute Gasteiger partial charge is 0.251 e. The van der Waals surface area contributed by atoms with Gasteiger partial charge < -0.3 is 19.2 Å². The molecule has 0 spiro atoms. The van der Waals surface area contributed by atoms with Gasteiger partial charge in [-0.1, -0.05) is 12.1 Å². The van der Waals surface area contributed by atoms with E-state index in [0.717, 1.165) is 5.56 Å². The van der Waals surface area contributed by atoms with Crippen molar-refractivity contribution < 1.29 is 18.7 Å². The number of benzene rings is 1. The lowest BCUT2D eigenvalue weighted by molar-refractivity contribution is -0.138. The molecular weight excluding hydrogens is 312 g/mol. The molecule has 3 rings (SSSR count). The van der Waals surface area contributed by atoms with Gasteiger partial charge in [0.1, 0.15) is 11.9 Å². The molecule has 0 aliphatic carbocycles. The van der Waals surface area contributed by atoms with Gasteiger partial charge in [0.25, 0.3) is 5.89 Å². The molecule has 1 aromatic carbocycles. The summed E-state index contributed by atoms with van der Waals surface area (Å²) in [6, 6.07) is 7.48. The lowest BCUT2D eigenvalue weighted by Gasteiger charge is -2.30. The molecule has 1 N–H and O–H groups in total. The van der Waals surface area contributed by atoms with E-state index < -0.39 is 6.10 Å². The van der Waals surface area contributed by atoms with E-state index in [0.29, 0.717) is 43.8 Å². The highest BCUT2D eigenvalue weighted by atomic mass is 16.5. The van der Waals surface area contributed by atoms with Crippen LogP contribution in [0, 0.1) is 0 Å². The maximum absolute atomic E-state index is 11.7. The average Bonchev–Trinajstić information content (AvgIpc) is 3.09. The van der Waals surface area contributed by atoms with Crippen LogP contribution in [0.25, 0.3) is 11.5 Å². The molecule has 24 heavy (non-hydrogen) atoms. The van der Waals surface area contributed by atoms with Crippen molar-refractivity contribution in [3.05, 3.63) is 30.2 Å². The van der Waals surface area contributed by atoms with Gasteiger partial charge in [0, 0.05) is 20.1 Å². The molecule has 0 radical (unpaired) electrons. The molecule has 1 aliphatic rings. The predicted molar refractivity (Wildman–Crippen MR) is 85.4 cm³/mol. The second-order valence-electron chi connectivity index (χ2n) is 5.41. The zero-order valence-corrected chi connectivity index (χ0v) is 13.7. The van der Waals surface area contributed by atoms with Crippen molar-refractivity contribution in [2.75, 3.05) is 33.9 Å². The number of nitrogens with one attached hydrogen (secondary N) is 1. The van der Waals surface area contributed by atoms with E-state index in [1.807, 2.05) is 24.3 Å². The normalized spacial score (nSPS) is 18.3. The fourth-order valence-electron chi connectivity index (χ4n) is 2.60. The van der Waals surface area contributed by atoms with E-state index >= 15 is 0 Å². The molecule has 1 unspecified atom stereocenters. The molecule has 1 saturated heterocycles. The van der Waals surface area contributed by atoms with Crippen molar-refractivity contribution in [1.82, 2.24) is 20.4 Å². The number of carbonyl (C=O) groups excluding carboxylic acids is 1. The Labute approximate surface area is 139 Å². The third kappa shape index (κ3) is 3.55. The van der Waals surface area contributed by atoms with Gasteiger partial charge in [0.2, 0.25) is 11.8 Å². The van der Waals surface area contributed by atoms with Gasteiger partial charge in [-0.25, -0.2) is 0 Å². The molecule has 8 nitrogen and oxygen atoms in total. The molecule has 1 amide bonds. The number of amides is 1. The van der Waals surface area contributed by atoms with Gasteiger partial charge >= 0.3 is 0 Å².